The minimum Gasteiger partial charge on any atom is -0.497 e. The topological polar surface area (TPSA) is 60.6 Å². The quantitative estimate of drug-likeness (QED) is 0.693. The third-order valence-electron chi connectivity index (χ3n) is 2.69. The summed E-state index contributed by atoms with van der Waals surface area (Å²) < 4.78 is 15.8. The molecule has 0 saturated carbocycles. The molecule has 20 heavy (non-hydrogen) atoms. The third-order valence-corrected chi connectivity index (χ3v) is 3.96. The highest BCUT2D eigenvalue weighted by molar-refractivity contribution is 7.73. The lowest BCUT2D eigenvalue weighted by atomic mass is 10.1. The summed E-state index contributed by atoms with van der Waals surface area (Å²) in [6.07, 6.45) is 0. The highest BCUT2D eigenvalue weighted by atomic mass is 32.1. The standard InChI is InChI=1S/C13H13NO4S2/c1-16-7-4-5-8(9(6-7)17-2)11-10(12(15)18-3)14-13(19)20-11/h4-6H,1-3H3,(H,14,19). The molecule has 1 heterocycles. The van der Waals surface area contributed by atoms with E-state index in [9.17, 15) is 4.79 Å². The number of hydrogen-bond acceptors (Lipinski definition) is 6. The van der Waals surface area contributed by atoms with Gasteiger partial charge in [0.25, 0.3) is 0 Å². The molecule has 1 N–H and O–H groups in total. The Kier molecular flexibility index (Phi) is 4.41. The van der Waals surface area contributed by atoms with Gasteiger partial charge in [-0.3, -0.25) is 0 Å². The molecule has 0 spiro atoms. The highest BCUT2D eigenvalue weighted by Crippen LogP contribution is 2.38. The van der Waals surface area contributed by atoms with Crippen LogP contribution in [-0.4, -0.2) is 32.3 Å². The first kappa shape index (κ1) is 14.5. The predicted molar refractivity (Wildman–Crippen MR) is 79.4 cm³/mol. The monoisotopic (exact) mass is 311 g/mol. The molecule has 0 aliphatic carbocycles. The molecule has 0 aliphatic heterocycles. The molecule has 0 atom stereocenters. The summed E-state index contributed by atoms with van der Waals surface area (Å²) in [7, 11) is 4.46. The zero-order valence-corrected chi connectivity index (χ0v) is 12.8. The van der Waals surface area contributed by atoms with Crippen molar-refractivity contribution < 1.29 is 19.0 Å². The molecule has 0 amide bonds. The van der Waals surface area contributed by atoms with E-state index in [0.717, 1.165) is 5.56 Å². The van der Waals surface area contributed by atoms with Gasteiger partial charge in [-0.25, -0.2) is 4.79 Å². The van der Waals surface area contributed by atoms with Crippen LogP contribution >= 0.6 is 23.6 Å². The van der Waals surface area contributed by atoms with Crippen LogP contribution in [0, 0.1) is 3.95 Å². The van der Waals surface area contributed by atoms with Crippen molar-refractivity contribution in [3.05, 3.63) is 27.8 Å². The second kappa shape index (κ2) is 6.06. The maximum absolute atomic E-state index is 11.8. The molecule has 2 aromatic rings. The number of thiazole rings is 1. The van der Waals surface area contributed by atoms with E-state index in [-0.39, 0.29) is 0 Å². The minimum absolute atomic E-state index is 0.325. The lowest BCUT2D eigenvalue weighted by Crippen LogP contribution is -2.03. The number of benzene rings is 1. The molecular weight excluding hydrogens is 298 g/mol. The molecule has 0 fully saturated rings. The summed E-state index contributed by atoms with van der Waals surface area (Å²) >= 11 is 6.40. The number of ether oxygens (including phenoxy) is 3. The van der Waals surface area contributed by atoms with Gasteiger partial charge in [-0.15, -0.1) is 11.3 Å². The molecule has 106 valence electrons. The average molecular weight is 311 g/mol. The number of aromatic nitrogens is 1. The molecule has 5 nitrogen and oxygen atoms in total. The Morgan fingerprint density at radius 1 is 1.25 bits per heavy atom. The van der Waals surface area contributed by atoms with Gasteiger partial charge in [0.2, 0.25) is 0 Å². The zero-order valence-electron chi connectivity index (χ0n) is 11.2. The fourth-order valence-electron chi connectivity index (χ4n) is 1.75. The van der Waals surface area contributed by atoms with Crippen molar-refractivity contribution in [2.75, 3.05) is 21.3 Å². The van der Waals surface area contributed by atoms with Gasteiger partial charge in [0.05, 0.1) is 26.2 Å². The van der Waals surface area contributed by atoms with Crippen molar-refractivity contribution in [2.45, 2.75) is 0 Å². The van der Waals surface area contributed by atoms with Gasteiger partial charge in [0.15, 0.2) is 3.95 Å². The first-order chi connectivity index (χ1) is 9.60. The van der Waals surface area contributed by atoms with Crippen molar-refractivity contribution in [3.63, 3.8) is 0 Å². The van der Waals surface area contributed by atoms with E-state index in [0.29, 0.717) is 26.0 Å². The number of aromatic amines is 1. The third kappa shape index (κ3) is 2.68. The number of H-pyrrole nitrogens is 1. The lowest BCUT2D eigenvalue weighted by Gasteiger charge is -2.09. The van der Waals surface area contributed by atoms with Crippen LogP contribution in [0.3, 0.4) is 0 Å². The second-order valence-corrected chi connectivity index (χ2v) is 5.46. The molecule has 2 rings (SSSR count). The smallest absolute Gasteiger partial charge is 0.356 e. The Labute approximate surface area is 125 Å². The SMILES string of the molecule is COC(=O)c1[nH]c(=S)sc1-c1ccc(OC)cc1OC. The van der Waals surface area contributed by atoms with Gasteiger partial charge < -0.3 is 19.2 Å². The van der Waals surface area contributed by atoms with E-state index in [1.165, 1.54) is 18.4 Å². The number of nitrogens with one attached hydrogen (secondary N) is 1. The number of methoxy groups -OCH3 is 3. The van der Waals surface area contributed by atoms with Gasteiger partial charge in [0.1, 0.15) is 17.2 Å². The van der Waals surface area contributed by atoms with Gasteiger partial charge in [-0.2, -0.15) is 0 Å². The van der Waals surface area contributed by atoms with Crippen LogP contribution in [0.25, 0.3) is 10.4 Å². The predicted octanol–water partition coefficient (Wildman–Crippen LogP) is 3.28. The van der Waals surface area contributed by atoms with E-state index < -0.39 is 5.97 Å². The summed E-state index contributed by atoms with van der Waals surface area (Å²) in [6, 6.07) is 5.36. The Morgan fingerprint density at radius 2 is 2.00 bits per heavy atom. The lowest BCUT2D eigenvalue weighted by molar-refractivity contribution is 0.0595. The largest absolute Gasteiger partial charge is 0.497 e. The number of carbonyl (C=O) groups excluding carboxylic acids is 1. The van der Waals surface area contributed by atoms with Crippen LogP contribution in [0.1, 0.15) is 10.5 Å². The molecule has 0 saturated heterocycles. The Morgan fingerprint density at radius 3 is 2.60 bits per heavy atom. The van der Waals surface area contributed by atoms with Crippen molar-refractivity contribution in [3.8, 4) is 21.9 Å². The first-order valence-corrected chi connectivity index (χ1v) is 6.87. The van der Waals surface area contributed by atoms with E-state index in [1.807, 2.05) is 6.07 Å². The fourth-order valence-corrected chi connectivity index (χ4v) is 2.96. The van der Waals surface area contributed by atoms with Crippen LogP contribution in [0.15, 0.2) is 18.2 Å². The zero-order chi connectivity index (χ0) is 14.7. The van der Waals surface area contributed by atoms with Crippen molar-refractivity contribution in [1.82, 2.24) is 4.98 Å². The molecule has 7 heteroatoms. The molecule has 0 unspecified atom stereocenters. The van der Waals surface area contributed by atoms with Crippen LogP contribution in [0.4, 0.5) is 0 Å². The van der Waals surface area contributed by atoms with E-state index in [4.69, 9.17) is 26.4 Å². The minimum atomic E-state index is -0.467. The molecule has 0 radical (unpaired) electrons. The molecule has 1 aromatic heterocycles. The Hall–Kier alpha value is -1.86. The number of rotatable bonds is 4. The molecule has 1 aromatic carbocycles. The van der Waals surface area contributed by atoms with E-state index in [1.54, 1.807) is 26.4 Å². The summed E-state index contributed by atoms with van der Waals surface area (Å²) in [6.45, 7) is 0. The van der Waals surface area contributed by atoms with Gasteiger partial charge in [0, 0.05) is 11.6 Å². The van der Waals surface area contributed by atoms with Crippen LogP contribution in [0.5, 0.6) is 11.5 Å². The maximum atomic E-state index is 11.8. The van der Waals surface area contributed by atoms with Gasteiger partial charge in [-0.05, 0) is 24.4 Å². The van der Waals surface area contributed by atoms with E-state index >= 15 is 0 Å². The normalized spacial score (nSPS) is 10.2. The molecular formula is C13H13NO4S2. The summed E-state index contributed by atoms with van der Waals surface area (Å²) in [5.41, 5.74) is 1.08. The van der Waals surface area contributed by atoms with Crippen LogP contribution < -0.4 is 9.47 Å². The van der Waals surface area contributed by atoms with Gasteiger partial charge >= 0.3 is 5.97 Å². The van der Waals surface area contributed by atoms with Crippen LogP contribution in [-0.2, 0) is 4.74 Å². The van der Waals surface area contributed by atoms with Crippen LogP contribution in [0.2, 0.25) is 0 Å². The van der Waals surface area contributed by atoms with Crippen molar-refractivity contribution >= 4 is 29.5 Å². The van der Waals surface area contributed by atoms with Crippen molar-refractivity contribution in [1.29, 1.82) is 0 Å². The number of hydrogen-bond donors (Lipinski definition) is 1. The van der Waals surface area contributed by atoms with Gasteiger partial charge in [-0.1, -0.05) is 0 Å². The number of esters is 1. The second-order valence-electron chi connectivity index (χ2n) is 3.78. The highest BCUT2D eigenvalue weighted by Gasteiger charge is 2.20. The fraction of sp³-hybridized carbons (Fsp3) is 0.231. The Balaban J connectivity index is 2.62. The summed E-state index contributed by atoms with van der Waals surface area (Å²) in [5, 5.41) is 0. The Bertz CT molecular complexity index is 690. The maximum Gasteiger partial charge on any atom is 0.356 e. The molecule has 0 bridgehead atoms. The molecule has 0 aliphatic rings. The average Bonchev–Trinajstić information content (AvgIpc) is 2.87. The summed E-state index contributed by atoms with van der Waals surface area (Å²) in [4.78, 5) is 15.3. The number of carbonyl (C=O) groups is 1. The first-order valence-electron chi connectivity index (χ1n) is 5.64. The summed E-state index contributed by atoms with van der Waals surface area (Å²) in [5.74, 6) is 0.800. The van der Waals surface area contributed by atoms with E-state index in [2.05, 4.69) is 4.98 Å². The van der Waals surface area contributed by atoms with Crippen molar-refractivity contribution in [2.24, 2.45) is 0 Å².